The summed E-state index contributed by atoms with van der Waals surface area (Å²) in [7, 11) is 0. The number of aliphatic hydroxyl groups is 1. The molecule has 2 nitrogen and oxygen atoms in total. The van der Waals surface area contributed by atoms with E-state index in [1.54, 1.807) is 11.3 Å². The highest BCUT2D eigenvalue weighted by molar-refractivity contribution is 7.11. The molecule has 0 bridgehead atoms. The number of hydrogen-bond acceptors (Lipinski definition) is 3. The van der Waals surface area contributed by atoms with Crippen molar-refractivity contribution in [3.63, 3.8) is 0 Å². The van der Waals surface area contributed by atoms with E-state index in [0.29, 0.717) is 0 Å². The van der Waals surface area contributed by atoms with Crippen LogP contribution in [0.5, 0.6) is 0 Å². The minimum atomic E-state index is -0.128. The van der Waals surface area contributed by atoms with E-state index in [9.17, 15) is 5.11 Å². The SMILES string of the molecule is CCC(O)CCCc1nc(C)c(C)s1. The zero-order valence-electron chi connectivity index (χ0n) is 9.21. The molecular formula is C11H19NOS. The van der Waals surface area contributed by atoms with E-state index in [-0.39, 0.29) is 6.10 Å². The Morgan fingerprint density at radius 2 is 2.14 bits per heavy atom. The van der Waals surface area contributed by atoms with Crippen molar-refractivity contribution in [2.24, 2.45) is 0 Å². The van der Waals surface area contributed by atoms with Crippen molar-refractivity contribution < 1.29 is 5.11 Å². The van der Waals surface area contributed by atoms with Gasteiger partial charge in [0.1, 0.15) is 0 Å². The summed E-state index contributed by atoms with van der Waals surface area (Å²) < 4.78 is 0. The quantitative estimate of drug-likeness (QED) is 0.816. The molecule has 0 saturated heterocycles. The molecule has 1 N–H and O–H groups in total. The van der Waals surface area contributed by atoms with Gasteiger partial charge in [-0.15, -0.1) is 11.3 Å². The van der Waals surface area contributed by atoms with Crippen LogP contribution in [-0.4, -0.2) is 16.2 Å². The first-order valence-corrected chi connectivity index (χ1v) is 6.06. The Morgan fingerprint density at radius 1 is 1.43 bits per heavy atom. The number of hydrogen-bond donors (Lipinski definition) is 1. The van der Waals surface area contributed by atoms with Gasteiger partial charge < -0.3 is 5.11 Å². The first-order valence-electron chi connectivity index (χ1n) is 5.24. The lowest BCUT2D eigenvalue weighted by Gasteiger charge is -2.05. The standard InChI is InChI=1S/C11H19NOS/c1-4-10(13)6-5-7-11-12-8(2)9(3)14-11/h10,13H,4-7H2,1-3H3. The van der Waals surface area contributed by atoms with Crippen LogP contribution in [0.2, 0.25) is 0 Å². The molecule has 1 heterocycles. The van der Waals surface area contributed by atoms with Crippen LogP contribution in [0.15, 0.2) is 0 Å². The largest absolute Gasteiger partial charge is 0.393 e. The fourth-order valence-electron chi connectivity index (χ4n) is 1.34. The van der Waals surface area contributed by atoms with E-state index in [2.05, 4.69) is 18.8 Å². The predicted octanol–water partition coefficient (Wildman–Crippen LogP) is 2.85. The molecular weight excluding hydrogens is 194 g/mol. The van der Waals surface area contributed by atoms with Gasteiger partial charge in [-0.3, -0.25) is 0 Å². The highest BCUT2D eigenvalue weighted by Crippen LogP contribution is 2.18. The second-order valence-electron chi connectivity index (χ2n) is 3.70. The smallest absolute Gasteiger partial charge is 0.0930 e. The van der Waals surface area contributed by atoms with Crippen LogP contribution in [0.25, 0.3) is 0 Å². The maximum atomic E-state index is 9.38. The van der Waals surface area contributed by atoms with Crippen LogP contribution in [0, 0.1) is 13.8 Å². The summed E-state index contributed by atoms with van der Waals surface area (Å²) in [4.78, 5) is 5.79. The first kappa shape index (κ1) is 11.7. The molecule has 80 valence electrons. The van der Waals surface area contributed by atoms with Crippen molar-refractivity contribution in [3.05, 3.63) is 15.6 Å². The number of aryl methyl sites for hydroxylation is 3. The number of aromatic nitrogens is 1. The van der Waals surface area contributed by atoms with Gasteiger partial charge in [0.2, 0.25) is 0 Å². The third-order valence-corrected chi connectivity index (χ3v) is 3.60. The van der Waals surface area contributed by atoms with Gasteiger partial charge in [-0.2, -0.15) is 0 Å². The van der Waals surface area contributed by atoms with Gasteiger partial charge in [0.15, 0.2) is 0 Å². The molecule has 1 atom stereocenters. The maximum Gasteiger partial charge on any atom is 0.0930 e. The zero-order chi connectivity index (χ0) is 10.6. The van der Waals surface area contributed by atoms with Gasteiger partial charge in [0.25, 0.3) is 0 Å². The molecule has 0 amide bonds. The van der Waals surface area contributed by atoms with Crippen LogP contribution in [0.4, 0.5) is 0 Å². The lowest BCUT2D eigenvalue weighted by molar-refractivity contribution is 0.158. The van der Waals surface area contributed by atoms with E-state index >= 15 is 0 Å². The molecule has 0 radical (unpaired) electrons. The molecule has 3 heteroatoms. The number of nitrogens with zero attached hydrogens (tertiary/aromatic N) is 1. The lowest BCUT2D eigenvalue weighted by Crippen LogP contribution is -2.04. The summed E-state index contributed by atoms with van der Waals surface area (Å²) in [6, 6.07) is 0. The Hall–Kier alpha value is -0.410. The summed E-state index contributed by atoms with van der Waals surface area (Å²) in [5.74, 6) is 0. The first-order chi connectivity index (χ1) is 6.63. The van der Waals surface area contributed by atoms with Gasteiger partial charge in [0, 0.05) is 4.88 Å². The van der Waals surface area contributed by atoms with E-state index < -0.39 is 0 Å². The minimum absolute atomic E-state index is 0.128. The molecule has 0 aliphatic carbocycles. The Balaban J connectivity index is 2.31. The summed E-state index contributed by atoms with van der Waals surface area (Å²) in [6.45, 7) is 6.18. The van der Waals surface area contributed by atoms with Gasteiger partial charge in [0.05, 0.1) is 16.8 Å². The molecule has 1 aromatic rings. The van der Waals surface area contributed by atoms with Gasteiger partial charge >= 0.3 is 0 Å². The van der Waals surface area contributed by atoms with E-state index in [1.807, 2.05) is 6.92 Å². The number of thiazole rings is 1. The van der Waals surface area contributed by atoms with Gasteiger partial charge in [-0.05, 0) is 39.5 Å². The maximum absolute atomic E-state index is 9.38. The van der Waals surface area contributed by atoms with Gasteiger partial charge in [-0.25, -0.2) is 4.98 Å². The molecule has 0 aromatic carbocycles. The summed E-state index contributed by atoms with van der Waals surface area (Å²) >= 11 is 1.78. The fourth-order valence-corrected chi connectivity index (χ4v) is 2.31. The molecule has 0 fully saturated rings. The van der Waals surface area contributed by atoms with Crippen molar-refractivity contribution in [1.29, 1.82) is 0 Å². The third-order valence-electron chi connectivity index (χ3n) is 2.47. The van der Waals surface area contributed by atoms with Crippen molar-refractivity contribution in [1.82, 2.24) is 4.98 Å². The molecule has 1 aromatic heterocycles. The number of aliphatic hydroxyl groups excluding tert-OH is 1. The number of rotatable bonds is 5. The summed E-state index contributed by atoms with van der Waals surface area (Å²) in [6.07, 6.45) is 3.68. The van der Waals surface area contributed by atoms with E-state index in [0.717, 1.165) is 31.4 Å². The van der Waals surface area contributed by atoms with Crippen molar-refractivity contribution in [2.75, 3.05) is 0 Å². The van der Waals surface area contributed by atoms with Crippen LogP contribution in [0.1, 0.15) is 41.8 Å². The van der Waals surface area contributed by atoms with E-state index in [1.165, 1.54) is 9.88 Å². The Labute approximate surface area is 90.0 Å². The molecule has 1 unspecified atom stereocenters. The second-order valence-corrected chi connectivity index (χ2v) is 4.99. The van der Waals surface area contributed by atoms with Crippen LogP contribution in [0.3, 0.4) is 0 Å². The fraction of sp³-hybridized carbons (Fsp3) is 0.727. The normalized spacial score (nSPS) is 13.1. The summed E-state index contributed by atoms with van der Waals surface area (Å²) in [5.41, 5.74) is 1.15. The minimum Gasteiger partial charge on any atom is -0.393 e. The Morgan fingerprint density at radius 3 is 2.64 bits per heavy atom. The predicted molar refractivity (Wildman–Crippen MR) is 60.8 cm³/mol. The lowest BCUT2D eigenvalue weighted by atomic mass is 10.1. The molecule has 0 aliphatic rings. The monoisotopic (exact) mass is 213 g/mol. The van der Waals surface area contributed by atoms with Gasteiger partial charge in [-0.1, -0.05) is 6.92 Å². The summed E-state index contributed by atoms with van der Waals surface area (Å²) in [5, 5.41) is 10.6. The Kier molecular flexibility index (Phi) is 4.55. The second kappa shape index (κ2) is 5.47. The van der Waals surface area contributed by atoms with Crippen LogP contribution < -0.4 is 0 Å². The average Bonchev–Trinajstić information content (AvgIpc) is 2.46. The highest BCUT2D eigenvalue weighted by Gasteiger charge is 2.05. The average molecular weight is 213 g/mol. The zero-order valence-corrected chi connectivity index (χ0v) is 10.0. The molecule has 0 aliphatic heterocycles. The molecule has 0 saturated carbocycles. The van der Waals surface area contributed by atoms with Crippen LogP contribution >= 0.6 is 11.3 Å². The van der Waals surface area contributed by atoms with Crippen molar-refractivity contribution in [2.45, 2.75) is 52.6 Å². The van der Waals surface area contributed by atoms with E-state index in [4.69, 9.17) is 0 Å². The van der Waals surface area contributed by atoms with Crippen LogP contribution in [-0.2, 0) is 6.42 Å². The molecule has 14 heavy (non-hydrogen) atoms. The third kappa shape index (κ3) is 3.39. The van der Waals surface area contributed by atoms with Crippen molar-refractivity contribution in [3.8, 4) is 0 Å². The molecule has 0 spiro atoms. The Bertz CT molecular complexity index is 263. The molecule has 1 rings (SSSR count). The topological polar surface area (TPSA) is 33.1 Å². The highest BCUT2D eigenvalue weighted by atomic mass is 32.1. The van der Waals surface area contributed by atoms with Crippen molar-refractivity contribution >= 4 is 11.3 Å².